The number of methoxy groups -OCH3 is 1. The zero-order valence-electron chi connectivity index (χ0n) is 28.8. The van der Waals surface area contributed by atoms with Crippen molar-refractivity contribution < 1.29 is 37.0 Å². The number of hydrogen-bond acceptors (Lipinski definition) is 11. The zero-order valence-corrected chi connectivity index (χ0v) is 28.8. The van der Waals surface area contributed by atoms with Crippen molar-refractivity contribution in [3.8, 4) is 22.9 Å². The molecule has 5 N–H and O–H groups in total. The van der Waals surface area contributed by atoms with E-state index in [0.717, 1.165) is 12.1 Å². The van der Waals surface area contributed by atoms with Crippen molar-refractivity contribution in [1.82, 2.24) is 24.8 Å². The SMILES string of the molecule is COC[C@H](C)Nc1nc(Oc2cccc3[nH]c(=O)c(N)nc23)cc(-c2ccc(C(F)(F)F)cc2NC(=O)[C@@H]2CC[C@@H](C)N2C(=O)OC(C)(C)C)n1. The van der Waals surface area contributed by atoms with Gasteiger partial charge in [-0.3, -0.25) is 14.5 Å². The third-order valence-corrected chi connectivity index (χ3v) is 7.88. The van der Waals surface area contributed by atoms with E-state index in [1.165, 1.54) is 24.1 Å². The van der Waals surface area contributed by atoms with Gasteiger partial charge in [0.2, 0.25) is 17.7 Å². The molecule has 3 atom stereocenters. The van der Waals surface area contributed by atoms with Gasteiger partial charge in [0, 0.05) is 30.8 Å². The van der Waals surface area contributed by atoms with Gasteiger partial charge in [-0.25, -0.2) is 14.8 Å². The number of nitrogen functional groups attached to an aromatic ring is 1. The van der Waals surface area contributed by atoms with Crippen LogP contribution in [0.5, 0.6) is 11.6 Å². The van der Waals surface area contributed by atoms with Crippen molar-refractivity contribution >= 4 is 40.5 Å². The minimum atomic E-state index is -4.74. The lowest BCUT2D eigenvalue weighted by Crippen LogP contribution is -2.48. The van der Waals surface area contributed by atoms with Crippen LogP contribution in [0.4, 0.5) is 35.4 Å². The number of hydrogen-bond donors (Lipinski definition) is 4. The molecule has 1 aliphatic rings. The lowest BCUT2D eigenvalue weighted by atomic mass is 10.0. The minimum Gasteiger partial charge on any atom is -0.444 e. The molecular weight excluding hydrogens is 673 g/mol. The van der Waals surface area contributed by atoms with E-state index >= 15 is 0 Å². The Morgan fingerprint density at radius 3 is 2.53 bits per heavy atom. The number of likely N-dealkylation sites (tertiary alicyclic amines) is 1. The first-order valence-corrected chi connectivity index (χ1v) is 16.1. The van der Waals surface area contributed by atoms with E-state index < -0.39 is 40.9 Å². The molecule has 272 valence electrons. The Labute approximate surface area is 290 Å². The van der Waals surface area contributed by atoms with Gasteiger partial charge in [0.15, 0.2) is 11.6 Å². The molecule has 0 saturated carbocycles. The van der Waals surface area contributed by atoms with Gasteiger partial charge in [0.1, 0.15) is 17.2 Å². The third kappa shape index (κ3) is 8.65. The predicted octanol–water partition coefficient (Wildman–Crippen LogP) is 5.95. The monoisotopic (exact) mass is 712 g/mol. The number of rotatable bonds is 9. The number of carbonyl (C=O) groups is 2. The molecule has 3 heterocycles. The number of alkyl halides is 3. The number of para-hydroxylation sites is 1. The Morgan fingerprint density at radius 1 is 1.10 bits per heavy atom. The molecule has 0 bridgehead atoms. The summed E-state index contributed by atoms with van der Waals surface area (Å²) in [5, 5.41) is 5.71. The molecule has 0 spiro atoms. The molecule has 5 rings (SSSR count). The highest BCUT2D eigenvalue weighted by molar-refractivity contribution is 6.00. The fourth-order valence-corrected chi connectivity index (χ4v) is 5.61. The summed E-state index contributed by atoms with van der Waals surface area (Å²) in [6.07, 6.45) is -4.69. The minimum absolute atomic E-state index is 0.0334. The smallest absolute Gasteiger partial charge is 0.416 e. The van der Waals surface area contributed by atoms with Gasteiger partial charge in [-0.15, -0.1) is 0 Å². The lowest BCUT2D eigenvalue weighted by molar-refractivity contribution is -0.137. The number of ether oxygens (including phenoxy) is 3. The summed E-state index contributed by atoms with van der Waals surface area (Å²) in [5.41, 5.74) is 3.86. The molecule has 1 aliphatic heterocycles. The van der Waals surface area contributed by atoms with E-state index in [1.807, 2.05) is 0 Å². The van der Waals surface area contributed by atoms with E-state index in [4.69, 9.17) is 19.9 Å². The van der Waals surface area contributed by atoms with Crippen LogP contribution in [0.3, 0.4) is 0 Å². The Balaban J connectivity index is 1.58. The maximum Gasteiger partial charge on any atom is 0.416 e. The van der Waals surface area contributed by atoms with Crippen LogP contribution in [-0.2, 0) is 20.4 Å². The largest absolute Gasteiger partial charge is 0.444 e. The second-order valence-electron chi connectivity index (χ2n) is 13.2. The molecule has 51 heavy (non-hydrogen) atoms. The van der Waals surface area contributed by atoms with Gasteiger partial charge in [0.25, 0.3) is 5.56 Å². The fraction of sp³-hybridized carbons (Fsp3) is 0.412. The number of carbonyl (C=O) groups excluding carboxylic acids is 2. The Kier molecular flexibility index (Phi) is 10.4. The lowest BCUT2D eigenvalue weighted by Gasteiger charge is -2.31. The van der Waals surface area contributed by atoms with E-state index in [0.29, 0.717) is 11.9 Å². The fourth-order valence-electron chi connectivity index (χ4n) is 5.61. The maximum absolute atomic E-state index is 14.0. The molecule has 2 aromatic heterocycles. The summed E-state index contributed by atoms with van der Waals surface area (Å²) < 4.78 is 58.8. The average Bonchev–Trinajstić information content (AvgIpc) is 3.42. The van der Waals surface area contributed by atoms with Gasteiger partial charge in [0.05, 0.1) is 29.1 Å². The number of H-pyrrole nitrogens is 1. The van der Waals surface area contributed by atoms with E-state index in [9.17, 15) is 27.6 Å². The number of aromatic amines is 1. The molecular formula is C34H39F3N8O6. The number of anilines is 3. The molecule has 1 fully saturated rings. The number of halogens is 3. The highest BCUT2D eigenvalue weighted by Crippen LogP contribution is 2.38. The second kappa shape index (κ2) is 14.4. The standard InChI is InChI=1S/C34H39F3N8O6/c1-17(16-49-6)39-31-42-23(15-26(43-31)50-25-9-7-8-21-27(25)44-28(38)30(47)40-21)20-12-11-19(34(35,36)37)14-22(20)41-29(46)24-13-10-18(2)45(24)32(48)51-33(3,4)5/h7-9,11-12,14-15,17-18,24H,10,13,16H2,1-6H3,(H2,38,44)(H,40,47)(H,41,46)(H,39,42,43)/t17-,18+,24-/m0/s1. The predicted molar refractivity (Wildman–Crippen MR) is 183 cm³/mol. The van der Waals surface area contributed by atoms with Crippen molar-refractivity contribution in [3.63, 3.8) is 0 Å². The zero-order chi connectivity index (χ0) is 37.2. The van der Waals surface area contributed by atoms with Crippen LogP contribution in [0.1, 0.15) is 53.0 Å². The molecule has 1 saturated heterocycles. The van der Waals surface area contributed by atoms with Crippen LogP contribution < -0.4 is 26.7 Å². The Bertz CT molecular complexity index is 2000. The molecule has 0 radical (unpaired) electrons. The Hall–Kier alpha value is -5.45. The third-order valence-electron chi connectivity index (χ3n) is 7.88. The van der Waals surface area contributed by atoms with E-state index in [2.05, 4.69) is 30.6 Å². The summed E-state index contributed by atoms with van der Waals surface area (Å²) in [6, 6.07) is 7.35. The van der Waals surface area contributed by atoms with Gasteiger partial charge >= 0.3 is 12.3 Å². The summed E-state index contributed by atoms with van der Waals surface area (Å²) >= 11 is 0. The molecule has 2 aromatic carbocycles. The first kappa shape index (κ1) is 36.8. The second-order valence-corrected chi connectivity index (χ2v) is 13.2. The van der Waals surface area contributed by atoms with Crippen LogP contribution in [0.25, 0.3) is 22.3 Å². The van der Waals surface area contributed by atoms with Crippen molar-refractivity contribution in [2.45, 2.75) is 77.4 Å². The van der Waals surface area contributed by atoms with Crippen molar-refractivity contribution in [2.24, 2.45) is 0 Å². The van der Waals surface area contributed by atoms with Crippen molar-refractivity contribution in [2.75, 3.05) is 30.1 Å². The van der Waals surface area contributed by atoms with Gasteiger partial charge < -0.3 is 35.6 Å². The summed E-state index contributed by atoms with van der Waals surface area (Å²) in [5.74, 6) is -0.842. The van der Waals surface area contributed by atoms with Gasteiger partial charge in [-0.05, 0) is 71.7 Å². The van der Waals surface area contributed by atoms with Gasteiger partial charge in [-0.2, -0.15) is 18.2 Å². The molecule has 2 amide bonds. The van der Waals surface area contributed by atoms with Crippen molar-refractivity contribution in [3.05, 3.63) is 58.4 Å². The van der Waals surface area contributed by atoms with Crippen LogP contribution in [0.2, 0.25) is 0 Å². The maximum atomic E-state index is 14.0. The van der Waals surface area contributed by atoms with Crippen LogP contribution in [-0.4, -0.2) is 74.3 Å². The number of nitrogens with one attached hydrogen (secondary N) is 3. The first-order chi connectivity index (χ1) is 23.9. The summed E-state index contributed by atoms with van der Waals surface area (Å²) in [4.78, 5) is 56.0. The van der Waals surface area contributed by atoms with E-state index in [1.54, 1.807) is 52.8 Å². The topological polar surface area (TPSA) is 187 Å². The van der Waals surface area contributed by atoms with Gasteiger partial charge in [-0.1, -0.05) is 12.1 Å². The van der Waals surface area contributed by atoms with E-state index in [-0.39, 0.29) is 71.0 Å². The molecule has 17 heteroatoms. The average molecular weight is 713 g/mol. The van der Waals surface area contributed by atoms with Crippen LogP contribution in [0, 0.1) is 0 Å². The normalized spacial score (nSPS) is 16.9. The highest BCUT2D eigenvalue weighted by Gasteiger charge is 2.41. The number of amides is 2. The molecule has 0 aliphatic carbocycles. The summed E-state index contributed by atoms with van der Waals surface area (Å²) in [7, 11) is 1.51. The molecule has 4 aromatic rings. The number of aromatic nitrogens is 4. The highest BCUT2D eigenvalue weighted by atomic mass is 19.4. The first-order valence-electron chi connectivity index (χ1n) is 16.1. The Morgan fingerprint density at radius 2 is 1.84 bits per heavy atom. The number of benzene rings is 2. The van der Waals surface area contributed by atoms with Crippen LogP contribution in [0.15, 0.2) is 47.3 Å². The summed E-state index contributed by atoms with van der Waals surface area (Å²) in [6.45, 7) is 8.92. The number of nitrogens with two attached hydrogens (primary N) is 1. The number of nitrogens with zero attached hydrogens (tertiary/aromatic N) is 4. The molecule has 0 unspecified atom stereocenters. The molecule has 14 nitrogen and oxygen atoms in total. The van der Waals surface area contributed by atoms with Crippen LogP contribution >= 0.6 is 0 Å². The quantitative estimate of drug-likeness (QED) is 0.161. The number of fused-ring (bicyclic) bond motifs is 1. The van der Waals surface area contributed by atoms with Crippen molar-refractivity contribution in [1.29, 1.82) is 0 Å².